The zero-order valence-corrected chi connectivity index (χ0v) is 36.1. The van der Waals surface area contributed by atoms with Gasteiger partial charge in [-0.25, -0.2) is 0 Å². The van der Waals surface area contributed by atoms with Crippen LogP contribution in [0.4, 0.5) is 11.4 Å². The van der Waals surface area contributed by atoms with Crippen molar-refractivity contribution in [2.75, 3.05) is 72.5 Å². The van der Waals surface area contributed by atoms with Crippen molar-refractivity contribution in [2.45, 2.75) is 79.4 Å². The smallest absolute Gasteiger partial charge is 0.303 e. The van der Waals surface area contributed by atoms with Crippen molar-refractivity contribution in [1.82, 2.24) is 0 Å². The van der Waals surface area contributed by atoms with Crippen molar-refractivity contribution >= 4 is 53.4 Å². The first-order valence-electron chi connectivity index (χ1n) is 18.6. The molecule has 15 nitrogen and oxygen atoms in total. The van der Waals surface area contributed by atoms with E-state index in [1.807, 2.05) is 36.7 Å². The van der Waals surface area contributed by atoms with E-state index < -0.39 is 47.2 Å². The van der Waals surface area contributed by atoms with Gasteiger partial charge in [0, 0.05) is 68.3 Å². The third-order valence-corrected chi connectivity index (χ3v) is 14.7. The van der Waals surface area contributed by atoms with E-state index in [0.29, 0.717) is 64.0 Å². The van der Waals surface area contributed by atoms with Crippen LogP contribution in [0.25, 0.3) is 0 Å². The van der Waals surface area contributed by atoms with Crippen LogP contribution in [-0.4, -0.2) is 114 Å². The molecule has 0 aromatic heterocycles. The molecule has 0 saturated carbocycles. The van der Waals surface area contributed by atoms with Gasteiger partial charge in [-0.2, -0.15) is 29.8 Å². The number of fused-ring (bicyclic) bond motifs is 2. The van der Waals surface area contributed by atoms with Gasteiger partial charge >= 0.3 is 5.97 Å². The van der Waals surface area contributed by atoms with Gasteiger partial charge in [0.1, 0.15) is 6.61 Å². The summed E-state index contributed by atoms with van der Waals surface area (Å²) in [6.45, 7) is 5.59. The molecule has 2 unspecified atom stereocenters. The number of carboxylic acids is 1. The second kappa shape index (κ2) is 19.1. The minimum atomic E-state index is -4.07. The van der Waals surface area contributed by atoms with Crippen LogP contribution in [0.1, 0.15) is 69.9 Å². The molecule has 0 spiro atoms. The first-order chi connectivity index (χ1) is 26.9. The maximum atomic E-state index is 12.9. The Balaban J connectivity index is 1.91. The molecule has 18 heteroatoms. The van der Waals surface area contributed by atoms with E-state index in [4.69, 9.17) is 22.0 Å². The summed E-state index contributed by atoms with van der Waals surface area (Å²) in [5.74, 6) is -1.11. The average Bonchev–Trinajstić information content (AvgIpc) is 3.55. The third kappa shape index (κ3) is 10.2. The predicted octanol–water partition coefficient (Wildman–Crippen LogP) is 5.02. The van der Waals surface area contributed by atoms with Gasteiger partial charge < -0.3 is 19.5 Å². The molecule has 2 atom stereocenters. The standard InChI is InChI=1S/C39H54N2O13S3/c1-38(20-12-26-55(44,45)52-5)31-27-29(56(46,47)53-6)17-19-34(31)41(23-25-51-4)35(38)13-11-14-36-39(2,21-24-50-3)32-28-30(57(48,49)54-7)16-18-33(32)40(36)22-10-8-9-15-37(42)43/h11,13-14,16-19,27-28H,8-10,12,15,20-26H2,1-7H3/p+1. The Morgan fingerprint density at radius 3 is 2.00 bits per heavy atom. The zero-order valence-electron chi connectivity index (χ0n) is 33.6. The van der Waals surface area contributed by atoms with Crippen LogP contribution in [0.3, 0.4) is 0 Å². The Bertz CT molecular complexity index is 2220. The molecular weight excluding hydrogens is 801 g/mol. The molecule has 57 heavy (non-hydrogen) atoms. The monoisotopic (exact) mass is 855 g/mol. The van der Waals surface area contributed by atoms with E-state index in [9.17, 15) is 35.2 Å². The Labute approximate surface area is 337 Å². The van der Waals surface area contributed by atoms with Crippen molar-refractivity contribution in [1.29, 1.82) is 0 Å². The maximum Gasteiger partial charge on any atom is 0.303 e. The number of carbonyl (C=O) groups is 1. The van der Waals surface area contributed by atoms with Crippen LogP contribution in [-0.2, 0) is 68.0 Å². The van der Waals surface area contributed by atoms with Gasteiger partial charge in [0.25, 0.3) is 30.4 Å². The third-order valence-electron chi connectivity index (χ3n) is 10.9. The maximum absolute atomic E-state index is 12.9. The summed E-state index contributed by atoms with van der Waals surface area (Å²) in [5, 5.41) is 9.19. The Morgan fingerprint density at radius 1 is 0.772 bits per heavy atom. The lowest BCUT2D eigenvalue weighted by Gasteiger charge is -2.30. The fourth-order valence-corrected chi connectivity index (χ4v) is 9.75. The SMILES string of the molecule is COCC[N+]1=C(/C=C/C=C2/N(CCCCCC(=O)O)c3ccc(S(=O)(=O)OC)cc3C2(C)CCOC)C(C)(CCCS(=O)(=O)OC)c2cc(S(=O)(=O)OC)ccc21. The summed E-state index contributed by atoms with van der Waals surface area (Å²) in [5.41, 5.74) is 2.99. The minimum absolute atomic E-state index is 0.0137. The van der Waals surface area contributed by atoms with E-state index in [1.165, 1.54) is 12.1 Å². The van der Waals surface area contributed by atoms with Gasteiger partial charge in [-0.3, -0.25) is 17.3 Å². The lowest BCUT2D eigenvalue weighted by molar-refractivity contribution is -0.441. The van der Waals surface area contributed by atoms with Crippen LogP contribution in [0.5, 0.6) is 0 Å². The minimum Gasteiger partial charge on any atom is -0.481 e. The number of allylic oxidation sites excluding steroid dienone is 4. The van der Waals surface area contributed by atoms with Gasteiger partial charge in [0.2, 0.25) is 5.69 Å². The molecule has 316 valence electrons. The van der Waals surface area contributed by atoms with Crippen LogP contribution >= 0.6 is 0 Å². The van der Waals surface area contributed by atoms with Gasteiger partial charge in [-0.05, 0) is 87.9 Å². The molecule has 2 aliphatic heterocycles. The number of nitrogens with zero attached hydrogens (tertiary/aromatic N) is 2. The average molecular weight is 856 g/mol. The molecule has 0 aliphatic carbocycles. The number of carboxylic acid groups (broad SMARTS) is 1. The topological polar surface area (TPSA) is 192 Å². The number of unbranched alkanes of at least 4 members (excludes halogenated alkanes) is 2. The number of aliphatic carboxylic acids is 1. The van der Waals surface area contributed by atoms with Crippen molar-refractivity contribution < 1.29 is 61.8 Å². The molecular formula is C39H55N2O13S3+. The van der Waals surface area contributed by atoms with Crippen LogP contribution in [0.15, 0.2) is 70.1 Å². The van der Waals surface area contributed by atoms with Crippen molar-refractivity contribution in [2.24, 2.45) is 0 Å². The molecule has 0 radical (unpaired) electrons. The molecule has 0 amide bonds. The van der Waals surface area contributed by atoms with Gasteiger partial charge in [0.05, 0.1) is 42.3 Å². The second-order valence-electron chi connectivity index (χ2n) is 14.3. The first-order valence-corrected chi connectivity index (χ1v) is 22.9. The molecule has 0 bridgehead atoms. The molecule has 0 saturated heterocycles. The highest BCUT2D eigenvalue weighted by atomic mass is 32.2. The first kappa shape index (κ1) is 46.2. The molecule has 1 N–H and O–H groups in total. The largest absolute Gasteiger partial charge is 0.481 e. The highest BCUT2D eigenvalue weighted by Gasteiger charge is 2.48. The number of rotatable bonds is 23. The highest BCUT2D eigenvalue weighted by molar-refractivity contribution is 7.87. The van der Waals surface area contributed by atoms with Crippen LogP contribution in [0.2, 0.25) is 0 Å². The predicted molar refractivity (Wildman–Crippen MR) is 215 cm³/mol. The number of methoxy groups -OCH3 is 2. The summed E-state index contributed by atoms with van der Waals surface area (Å²) in [4.78, 5) is 13.3. The zero-order chi connectivity index (χ0) is 42.2. The number of hydrogen-bond acceptors (Lipinski definition) is 13. The number of benzene rings is 2. The molecule has 2 heterocycles. The molecule has 0 fully saturated rings. The van der Waals surface area contributed by atoms with Crippen molar-refractivity contribution in [3.63, 3.8) is 0 Å². The molecule has 2 aromatic rings. The van der Waals surface area contributed by atoms with E-state index in [1.54, 1.807) is 38.5 Å². The summed E-state index contributed by atoms with van der Waals surface area (Å²) in [6, 6.07) is 9.68. The summed E-state index contributed by atoms with van der Waals surface area (Å²) < 4.78 is 104. The van der Waals surface area contributed by atoms with E-state index in [-0.39, 0.29) is 28.4 Å². The Kier molecular flexibility index (Phi) is 15.4. The van der Waals surface area contributed by atoms with E-state index in [0.717, 1.165) is 49.7 Å². The number of hydrogen-bond donors (Lipinski definition) is 1. The van der Waals surface area contributed by atoms with Crippen molar-refractivity contribution in [3.8, 4) is 0 Å². The van der Waals surface area contributed by atoms with Crippen LogP contribution in [0, 0.1) is 0 Å². The Morgan fingerprint density at radius 2 is 1.40 bits per heavy atom. The van der Waals surface area contributed by atoms with Crippen LogP contribution < -0.4 is 4.90 Å². The van der Waals surface area contributed by atoms with Gasteiger partial charge in [-0.1, -0.05) is 12.5 Å². The lowest BCUT2D eigenvalue weighted by atomic mass is 9.75. The summed E-state index contributed by atoms with van der Waals surface area (Å²) in [7, 11) is -5.37. The van der Waals surface area contributed by atoms with E-state index in [2.05, 4.69) is 4.90 Å². The highest BCUT2D eigenvalue weighted by Crippen LogP contribution is 2.51. The molecule has 2 aliphatic rings. The van der Waals surface area contributed by atoms with Crippen molar-refractivity contribution in [3.05, 3.63) is 71.5 Å². The number of anilines is 1. The summed E-state index contributed by atoms with van der Waals surface area (Å²) in [6.07, 6.45) is 8.71. The van der Waals surface area contributed by atoms with Gasteiger partial charge in [0.15, 0.2) is 12.3 Å². The second-order valence-corrected chi connectivity index (χ2v) is 19.6. The quantitative estimate of drug-likeness (QED) is 0.0891. The van der Waals surface area contributed by atoms with Gasteiger partial charge in [-0.15, -0.1) is 0 Å². The van der Waals surface area contributed by atoms with E-state index >= 15 is 0 Å². The molecule has 2 aromatic carbocycles. The Hall–Kier alpha value is -3.49. The fourth-order valence-electron chi connectivity index (χ4n) is 7.70. The summed E-state index contributed by atoms with van der Waals surface area (Å²) >= 11 is 0. The normalized spacial score (nSPS) is 20.5. The lowest BCUT2D eigenvalue weighted by Crippen LogP contribution is -2.33. The fraction of sp³-hybridized carbons (Fsp3) is 0.538. The molecule has 4 rings (SSSR count). The number of ether oxygens (including phenoxy) is 2.